The van der Waals surface area contributed by atoms with Gasteiger partial charge in [-0.15, -0.1) is 0 Å². The number of amides is 2. The average Bonchev–Trinajstić information content (AvgIpc) is 2.55. The summed E-state index contributed by atoms with van der Waals surface area (Å²) in [6.07, 6.45) is 0. The number of hydrogen-bond donors (Lipinski definition) is 1. The number of nitrogens with zero attached hydrogens (tertiary/aromatic N) is 1. The Kier molecular flexibility index (Phi) is 5.58. The average molecular weight is 326 g/mol. The Labute approximate surface area is 142 Å². The van der Waals surface area contributed by atoms with E-state index in [9.17, 15) is 9.59 Å². The number of ether oxygens (including phenoxy) is 1. The normalized spacial score (nSPS) is 10.2. The molecule has 0 atom stereocenters. The molecule has 0 aliphatic rings. The van der Waals surface area contributed by atoms with Crippen LogP contribution in [0.1, 0.15) is 21.5 Å². The lowest BCUT2D eigenvalue weighted by Crippen LogP contribution is -2.25. The number of benzene rings is 2. The van der Waals surface area contributed by atoms with Crippen molar-refractivity contribution in [1.29, 1.82) is 0 Å². The minimum atomic E-state index is -0.313. The Morgan fingerprint density at radius 3 is 2.42 bits per heavy atom. The summed E-state index contributed by atoms with van der Waals surface area (Å²) in [7, 11) is 3.34. The number of carbonyl (C=O) groups is 2. The van der Waals surface area contributed by atoms with Gasteiger partial charge in [-0.25, -0.2) is 0 Å². The maximum absolute atomic E-state index is 12.1. The van der Waals surface area contributed by atoms with Crippen LogP contribution in [0.3, 0.4) is 0 Å². The molecular formula is C19H22N2O3. The molecule has 0 saturated carbocycles. The fourth-order valence-electron chi connectivity index (χ4n) is 2.16. The maximum atomic E-state index is 12.1. The molecule has 0 heterocycles. The van der Waals surface area contributed by atoms with E-state index >= 15 is 0 Å². The monoisotopic (exact) mass is 326 g/mol. The van der Waals surface area contributed by atoms with Gasteiger partial charge < -0.3 is 15.0 Å². The van der Waals surface area contributed by atoms with Crippen LogP contribution in [0, 0.1) is 13.8 Å². The topological polar surface area (TPSA) is 58.6 Å². The summed E-state index contributed by atoms with van der Waals surface area (Å²) in [6, 6.07) is 12.6. The summed E-state index contributed by atoms with van der Waals surface area (Å²) < 4.78 is 5.52. The molecule has 0 fully saturated rings. The van der Waals surface area contributed by atoms with Gasteiger partial charge in [-0.1, -0.05) is 18.2 Å². The zero-order chi connectivity index (χ0) is 17.7. The van der Waals surface area contributed by atoms with Crippen LogP contribution in [-0.4, -0.2) is 37.4 Å². The van der Waals surface area contributed by atoms with Gasteiger partial charge in [0.05, 0.1) is 11.3 Å². The van der Waals surface area contributed by atoms with Gasteiger partial charge in [0.15, 0.2) is 6.61 Å². The van der Waals surface area contributed by atoms with E-state index in [1.807, 2.05) is 32.0 Å². The van der Waals surface area contributed by atoms with Gasteiger partial charge in [-0.2, -0.15) is 0 Å². The number of nitrogens with one attached hydrogen (secondary N) is 1. The molecule has 0 aliphatic heterocycles. The van der Waals surface area contributed by atoms with Crippen molar-refractivity contribution in [2.45, 2.75) is 13.8 Å². The van der Waals surface area contributed by atoms with E-state index in [1.165, 1.54) is 10.5 Å². The molecule has 0 aliphatic carbocycles. The molecule has 0 bridgehead atoms. The van der Waals surface area contributed by atoms with Crippen molar-refractivity contribution in [3.05, 3.63) is 59.2 Å². The molecule has 0 spiro atoms. The Morgan fingerprint density at radius 1 is 1.04 bits per heavy atom. The Bertz CT molecular complexity index is 754. The molecule has 0 saturated heterocycles. The van der Waals surface area contributed by atoms with Crippen LogP contribution in [0.4, 0.5) is 5.69 Å². The standard InChI is InChI=1S/C19H22N2O3/c1-13-9-10-15(11-14(13)2)24-12-18(22)20-17-8-6-5-7-16(17)19(23)21(3)4/h5-11H,12H2,1-4H3,(H,20,22). The van der Waals surface area contributed by atoms with Crippen molar-refractivity contribution in [2.24, 2.45) is 0 Å². The zero-order valence-electron chi connectivity index (χ0n) is 14.4. The lowest BCUT2D eigenvalue weighted by molar-refractivity contribution is -0.118. The van der Waals surface area contributed by atoms with E-state index in [-0.39, 0.29) is 18.4 Å². The molecule has 0 unspecified atom stereocenters. The molecule has 5 heteroatoms. The molecule has 5 nitrogen and oxygen atoms in total. The third kappa shape index (κ3) is 4.35. The second kappa shape index (κ2) is 7.64. The molecule has 126 valence electrons. The van der Waals surface area contributed by atoms with Gasteiger partial charge >= 0.3 is 0 Å². The third-order valence-electron chi connectivity index (χ3n) is 3.69. The van der Waals surface area contributed by atoms with Crippen molar-refractivity contribution in [3.8, 4) is 5.75 Å². The van der Waals surface area contributed by atoms with Gasteiger partial charge in [-0.05, 0) is 49.2 Å². The number of anilines is 1. The zero-order valence-corrected chi connectivity index (χ0v) is 14.4. The minimum absolute atomic E-state index is 0.118. The van der Waals surface area contributed by atoms with Crippen molar-refractivity contribution in [3.63, 3.8) is 0 Å². The van der Waals surface area contributed by atoms with Gasteiger partial charge in [-0.3, -0.25) is 9.59 Å². The van der Waals surface area contributed by atoms with Crippen LogP contribution in [-0.2, 0) is 4.79 Å². The van der Waals surface area contributed by atoms with E-state index in [0.29, 0.717) is 17.0 Å². The highest BCUT2D eigenvalue weighted by Gasteiger charge is 2.14. The van der Waals surface area contributed by atoms with Crippen LogP contribution in [0.15, 0.2) is 42.5 Å². The van der Waals surface area contributed by atoms with Crippen molar-refractivity contribution < 1.29 is 14.3 Å². The third-order valence-corrected chi connectivity index (χ3v) is 3.69. The highest BCUT2D eigenvalue weighted by molar-refractivity contribution is 6.03. The predicted molar refractivity (Wildman–Crippen MR) is 94.5 cm³/mol. The van der Waals surface area contributed by atoms with E-state index in [2.05, 4.69) is 5.32 Å². The summed E-state index contributed by atoms with van der Waals surface area (Å²) in [6.45, 7) is 3.89. The first-order valence-electron chi connectivity index (χ1n) is 7.69. The van der Waals surface area contributed by atoms with Crippen LogP contribution in [0.5, 0.6) is 5.75 Å². The smallest absolute Gasteiger partial charge is 0.262 e. The summed E-state index contributed by atoms with van der Waals surface area (Å²) in [4.78, 5) is 25.7. The molecule has 0 aromatic heterocycles. The van der Waals surface area contributed by atoms with E-state index in [1.54, 1.807) is 38.4 Å². The first-order valence-corrected chi connectivity index (χ1v) is 7.69. The fourth-order valence-corrected chi connectivity index (χ4v) is 2.16. The summed E-state index contributed by atoms with van der Waals surface area (Å²) in [5.74, 6) is 0.166. The maximum Gasteiger partial charge on any atom is 0.262 e. The summed E-state index contributed by atoms with van der Waals surface area (Å²) in [5, 5.41) is 2.73. The van der Waals surface area contributed by atoms with Crippen LogP contribution in [0.2, 0.25) is 0 Å². The molecule has 2 rings (SSSR count). The van der Waals surface area contributed by atoms with Gasteiger partial charge in [0, 0.05) is 14.1 Å². The molecule has 1 N–H and O–H groups in total. The molecule has 2 amide bonds. The lowest BCUT2D eigenvalue weighted by Gasteiger charge is -2.15. The number of carbonyl (C=O) groups excluding carboxylic acids is 2. The first kappa shape index (κ1) is 17.5. The van der Waals surface area contributed by atoms with Gasteiger partial charge in [0.25, 0.3) is 11.8 Å². The Balaban J connectivity index is 2.02. The lowest BCUT2D eigenvalue weighted by atomic mass is 10.1. The second-order valence-electron chi connectivity index (χ2n) is 5.83. The van der Waals surface area contributed by atoms with Gasteiger partial charge in [0.2, 0.25) is 0 Å². The van der Waals surface area contributed by atoms with Crippen molar-refractivity contribution in [1.82, 2.24) is 4.90 Å². The van der Waals surface area contributed by atoms with E-state index < -0.39 is 0 Å². The molecule has 2 aromatic rings. The largest absolute Gasteiger partial charge is 0.484 e. The van der Waals surface area contributed by atoms with Crippen LogP contribution >= 0.6 is 0 Å². The number of para-hydroxylation sites is 1. The minimum Gasteiger partial charge on any atom is -0.484 e. The van der Waals surface area contributed by atoms with E-state index in [4.69, 9.17) is 4.74 Å². The number of aryl methyl sites for hydroxylation is 2. The summed E-state index contributed by atoms with van der Waals surface area (Å²) >= 11 is 0. The fraction of sp³-hybridized carbons (Fsp3) is 0.263. The Hall–Kier alpha value is -2.82. The first-order chi connectivity index (χ1) is 11.4. The molecule has 24 heavy (non-hydrogen) atoms. The molecular weight excluding hydrogens is 304 g/mol. The van der Waals surface area contributed by atoms with Crippen molar-refractivity contribution >= 4 is 17.5 Å². The highest BCUT2D eigenvalue weighted by atomic mass is 16.5. The van der Waals surface area contributed by atoms with Gasteiger partial charge in [0.1, 0.15) is 5.75 Å². The number of rotatable bonds is 5. The van der Waals surface area contributed by atoms with Crippen molar-refractivity contribution in [2.75, 3.05) is 26.0 Å². The highest BCUT2D eigenvalue weighted by Crippen LogP contribution is 2.18. The number of hydrogen-bond acceptors (Lipinski definition) is 3. The predicted octanol–water partition coefficient (Wildman–Crippen LogP) is 3.02. The quantitative estimate of drug-likeness (QED) is 0.919. The molecule has 2 aromatic carbocycles. The Morgan fingerprint density at radius 2 is 1.75 bits per heavy atom. The molecule has 0 radical (unpaired) electrons. The van der Waals surface area contributed by atoms with Crippen LogP contribution in [0.25, 0.3) is 0 Å². The van der Waals surface area contributed by atoms with Crippen LogP contribution < -0.4 is 10.1 Å². The summed E-state index contributed by atoms with van der Waals surface area (Å²) in [5.41, 5.74) is 3.20. The SMILES string of the molecule is Cc1ccc(OCC(=O)Nc2ccccc2C(=O)N(C)C)cc1C. The van der Waals surface area contributed by atoms with E-state index in [0.717, 1.165) is 5.56 Å². The second-order valence-corrected chi connectivity index (χ2v) is 5.83.